The number of aromatic nitrogens is 5. The van der Waals surface area contributed by atoms with E-state index in [1.165, 1.54) is 0 Å². The highest BCUT2D eigenvalue weighted by Gasteiger charge is 2.22. The van der Waals surface area contributed by atoms with E-state index >= 15 is 0 Å². The van der Waals surface area contributed by atoms with Gasteiger partial charge in [-0.15, -0.1) is 0 Å². The quantitative estimate of drug-likeness (QED) is 0.570. The summed E-state index contributed by atoms with van der Waals surface area (Å²) in [6.45, 7) is 2.60. The van der Waals surface area contributed by atoms with E-state index in [4.69, 9.17) is 0 Å². The molecule has 25 heavy (non-hydrogen) atoms. The predicted octanol–water partition coefficient (Wildman–Crippen LogP) is 2.15. The summed E-state index contributed by atoms with van der Waals surface area (Å²) in [6.07, 6.45) is 7.60. The molecule has 0 amide bonds. The fourth-order valence-electron chi connectivity index (χ4n) is 3.37. The Morgan fingerprint density at radius 2 is 2.08 bits per heavy atom. The Kier molecular flexibility index (Phi) is 4.44. The van der Waals surface area contributed by atoms with E-state index in [9.17, 15) is 4.79 Å². The molecule has 0 radical (unpaired) electrons. The average molecular weight is 356 g/mol. The summed E-state index contributed by atoms with van der Waals surface area (Å²) in [5.41, 5.74) is 1.47. The molecule has 8 heteroatoms. The van der Waals surface area contributed by atoms with Gasteiger partial charge in [0.2, 0.25) is 0 Å². The summed E-state index contributed by atoms with van der Waals surface area (Å²) in [7, 11) is 0. The molecule has 1 saturated heterocycles. The Morgan fingerprint density at radius 1 is 1.24 bits per heavy atom. The minimum Gasteiger partial charge on any atom is -0.356 e. The topological polar surface area (TPSA) is 79.7 Å². The number of aromatic amines is 1. The van der Waals surface area contributed by atoms with Crippen LogP contribution in [-0.4, -0.2) is 43.8 Å². The molecule has 0 aliphatic carbocycles. The molecule has 0 unspecified atom stereocenters. The Balaban J connectivity index is 1.45. The highest BCUT2D eigenvalue weighted by molar-refractivity contribution is 7.98. The number of pyridine rings is 1. The normalized spacial score (nSPS) is 15.8. The molecule has 4 rings (SSSR count). The van der Waals surface area contributed by atoms with Crippen LogP contribution in [0, 0.1) is 5.92 Å². The number of piperidine rings is 1. The second-order valence-electron chi connectivity index (χ2n) is 6.25. The third-order valence-electron chi connectivity index (χ3n) is 4.71. The van der Waals surface area contributed by atoms with Crippen LogP contribution >= 0.6 is 11.8 Å². The molecule has 1 fully saturated rings. The van der Waals surface area contributed by atoms with E-state index in [1.54, 1.807) is 22.5 Å². The summed E-state index contributed by atoms with van der Waals surface area (Å²) < 4.78 is 1.77. The van der Waals surface area contributed by atoms with Crippen LogP contribution in [0.3, 0.4) is 0 Å². The summed E-state index contributed by atoms with van der Waals surface area (Å²) in [5.74, 6) is 1.46. The van der Waals surface area contributed by atoms with Gasteiger partial charge in [-0.25, -0.2) is 19.7 Å². The Labute approximate surface area is 149 Å². The summed E-state index contributed by atoms with van der Waals surface area (Å²) >= 11 is 1.56. The van der Waals surface area contributed by atoms with Crippen LogP contribution in [0.1, 0.15) is 12.8 Å². The number of imidazole rings is 1. The maximum atomic E-state index is 12.2. The molecule has 7 nitrogen and oxygen atoms in total. The zero-order valence-electron chi connectivity index (χ0n) is 14.1. The Morgan fingerprint density at radius 3 is 2.88 bits per heavy atom. The summed E-state index contributed by atoms with van der Waals surface area (Å²) in [5, 5.41) is 0.802. The molecule has 1 aliphatic rings. The van der Waals surface area contributed by atoms with E-state index < -0.39 is 0 Å². The van der Waals surface area contributed by atoms with Gasteiger partial charge in [0.15, 0.2) is 10.8 Å². The van der Waals surface area contributed by atoms with Crippen molar-refractivity contribution < 1.29 is 0 Å². The van der Waals surface area contributed by atoms with E-state index in [1.807, 2.05) is 30.7 Å². The van der Waals surface area contributed by atoms with Crippen molar-refractivity contribution in [2.75, 3.05) is 24.2 Å². The lowest BCUT2D eigenvalue weighted by Crippen LogP contribution is -2.36. The number of H-pyrrole nitrogens is 1. The molecular weight excluding hydrogens is 336 g/mol. The van der Waals surface area contributed by atoms with Crippen LogP contribution in [0.4, 0.5) is 5.82 Å². The largest absolute Gasteiger partial charge is 0.356 e. The highest BCUT2D eigenvalue weighted by atomic mass is 32.2. The smallest absolute Gasteiger partial charge is 0.327 e. The molecule has 3 aromatic heterocycles. The zero-order valence-corrected chi connectivity index (χ0v) is 14.9. The van der Waals surface area contributed by atoms with E-state index in [2.05, 4.69) is 24.8 Å². The number of hydrogen-bond donors (Lipinski definition) is 1. The van der Waals surface area contributed by atoms with E-state index in [0.717, 1.165) is 48.1 Å². The first-order chi connectivity index (χ1) is 12.2. The van der Waals surface area contributed by atoms with Crippen molar-refractivity contribution in [3.8, 4) is 0 Å². The highest BCUT2D eigenvalue weighted by Crippen LogP contribution is 2.24. The summed E-state index contributed by atoms with van der Waals surface area (Å²) in [6, 6.07) is 5.70. The number of nitrogens with zero attached hydrogens (tertiary/aromatic N) is 5. The molecule has 1 aliphatic heterocycles. The molecule has 0 saturated carbocycles. The van der Waals surface area contributed by atoms with Crippen molar-refractivity contribution in [2.45, 2.75) is 24.5 Å². The van der Waals surface area contributed by atoms with Gasteiger partial charge in [-0.05, 0) is 43.2 Å². The number of rotatable bonds is 4. The molecule has 3 aromatic rings. The van der Waals surface area contributed by atoms with Gasteiger partial charge in [-0.2, -0.15) is 0 Å². The predicted molar refractivity (Wildman–Crippen MR) is 99.1 cm³/mol. The number of fused-ring (bicyclic) bond motifs is 1. The Hall–Kier alpha value is -2.35. The van der Waals surface area contributed by atoms with E-state index in [-0.39, 0.29) is 5.69 Å². The van der Waals surface area contributed by atoms with Crippen LogP contribution in [0.15, 0.2) is 40.5 Å². The van der Waals surface area contributed by atoms with Gasteiger partial charge < -0.3 is 9.88 Å². The maximum Gasteiger partial charge on any atom is 0.327 e. The molecule has 1 N–H and O–H groups in total. The average Bonchev–Trinajstić information content (AvgIpc) is 2.98. The lowest BCUT2D eigenvalue weighted by Gasteiger charge is -2.32. The van der Waals surface area contributed by atoms with Crippen LogP contribution in [0.25, 0.3) is 11.2 Å². The fourth-order valence-corrected chi connectivity index (χ4v) is 3.72. The number of nitrogens with one attached hydrogen (secondary N) is 1. The van der Waals surface area contributed by atoms with Crippen molar-refractivity contribution in [3.63, 3.8) is 0 Å². The molecule has 130 valence electrons. The zero-order chi connectivity index (χ0) is 17.2. The van der Waals surface area contributed by atoms with Crippen molar-refractivity contribution in [1.82, 2.24) is 24.5 Å². The molecular formula is C17H20N6OS. The first-order valence-electron chi connectivity index (χ1n) is 8.40. The van der Waals surface area contributed by atoms with E-state index in [0.29, 0.717) is 12.5 Å². The minimum atomic E-state index is -0.0726. The van der Waals surface area contributed by atoms with Gasteiger partial charge in [-0.1, -0.05) is 11.8 Å². The first-order valence-corrected chi connectivity index (χ1v) is 9.62. The van der Waals surface area contributed by atoms with Gasteiger partial charge in [0.05, 0.1) is 5.52 Å². The van der Waals surface area contributed by atoms with Gasteiger partial charge in [0.1, 0.15) is 5.82 Å². The lowest BCUT2D eigenvalue weighted by molar-refractivity contribution is 0.355. The third kappa shape index (κ3) is 3.26. The SMILES string of the molecule is CSc1nccc(N2CCC(Cn3c(=O)[nH]c4cccnc43)CC2)n1. The Bertz CT molecular complexity index is 928. The molecule has 4 heterocycles. The van der Waals surface area contributed by atoms with Crippen molar-refractivity contribution in [2.24, 2.45) is 5.92 Å². The molecule has 0 spiro atoms. The third-order valence-corrected chi connectivity index (χ3v) is 5.27. The maximum absolute atomic E-state index is 12.2. The second kappa shape index (κ2) is 6.87. The fraction of sp³-hybridized carbons (Fsp3) is 0.412. The van der Waals surface area contributed by atoms with Crippen molar-refractivity contribution in [3.05, 3.63) is 41.1 Å². The standard InChI is InChI=1S/C17H20N6OS/c1-25-16-19-8-4-14(21-16)22-9-5-12(6-10-22)11-23-15-13(20-17(23)24)3-2-7-18-15/h2-4,7-8,12H,5-6,9-11H2,1H3,(H,20,24). The first kappa shape index (κ1) is 16.1. The van der Waals surface area contributed by atoms with Gasteiger partial charge in [0.25, 0.3) is 0 Å². The minimum absolute atomic E-state index is 0.0726. The number of thioether (sulfide) groups is 1. The monoisotopic (exact) mass is 356 g/mol. The van der Waals surface area contributed by atoms with Crippen LogP contribution in [0.5, 0.6) is 0 Å². The second-order valence-corrected chi connectivity index (χ2v) is 7.02. The number of hydrogen-bond acceptors (Lipinski definition) is 6. The molecule has 0 atom stereocenters. The van der Waals surface area contributed by atoms with Gasteiger partial charge >= 0.3 is 5.69 Å². The molecule has 0 bridgehead atoms. The van der Waals surface area contributed by atoms with Crippen molar-refractivity contribution >= 4 is 28.7 Å². The number of anilines is 1. The molecule has 0 aromatic carbocycles. The van der Waals surface area contributed by atoms with Crippen LogP contribution < -0.4 is 10.6 Å². The van der Waals surface area contributed by atoms with Crippen molar-refractivity contribution in [1.29, 1.82) is 0 Å². The van der Waals surface area contributed by atoms with Crippen LogP contribution in [0.2, 0.25) is 0 Å². The van der Waals surface area contributed by atoms with Gasteiger partial charge in [-0.3, -0.25) is 4.57 Å². The summed E-state index contributed by atoms with van der Waals surface area (Å²) in [4.78, 5) is 30.5. The van der Waals surface area contributed by atoms with Gasteiger partial charge in [0, 0.05) is 32.0 Å². The van der Waals surface area contributed by atoms with Crippen LogP contribution in [-0.2, 0) is 6.54 Å². The lowest BCUT2D eigenvalue weighted by atomic mass is 9.96.